The molecule has 0 radical (unpaired) electrons. The van der Waals surface area contributed by atoms with Crippen molar-refractivity contribution in [1.29, 1.82) is 0 Å². The lowest BCUT2D eigenvalue weighted by molar-refractivity contribution is 0.415. The maximum Gasteiger partial charge on any atom is 0.118 e. The highest BCUT2D eigenvalue weighted by Crippen LogP contribution is 2.36. The van der Waals surface area contributed by atoms with Crippen molar-refractivity contribution in [2.45, 2.75) is 11.8 Å². The third-order valence-corrected chi connectivity index (χ3v) is 4.08. The fraction of sp³-hybridized carbons (Fsp3) is 0.118. The van der Waals surface area contributed by atoms with E-state index >= 15 is 0 Å². The molecular weight excluding hydrogens is 266 g/mol. The minimum absolute atomic E-state index is 0.867. The highest BCUT2D eigenvalue weighted by atomic mass is 32.2. The summed E-state index contributed by atoms with van der Waals surface area (Å²) < 4.78 is 5.18. The topological polar surface area (TPSA) is 21.6 Å². The largest absolute Gasteiger partial charge is 0.497 e. The van der Waals surface area contributed by atoms with Gasteiger partial charge in [0, 0.05) is 10.5 Å². The van der Waals surface area contributed by atoms with Crippen LogP contribution in [0.1, 0.15) is 18.1 Å². The second-order valence-corrected chi connectivity index (χ2v) is 5.77. The van der Waals surface area contributed by atoms with Crippen molar-refractivity contribution in [1.82, 2.24) is 0 Å². The zero-order chi connectivity index (χ0) is 13.9. The molecule has 0 aliphatic carbocycles. The van der Waals surface area contributed by atoms with E-state index in [1.807, 2.05) is 31.2 Å². The Balaban J connectivity index is 2.02. The molecule has 0 atom stereocenters. The normalized spacial score (nSPS) is 15.7. The molecule has 3 rings (SSSR count). The number of aliphatic imine (C=N–C) groups is 1. The molecule has 3 heteroatoms. The van der Waals surface area contributed by atoms with E-state index in [1.165, 1.54) is 10.5 Å². The monoisotopic (exact) mass is 281 g/mol. The number of hydrogen-bond donors (Lipinski definition) is 0. The second-order valence-electron chi connectivity index (χ2n) is 4.53. The van der Waals surface area contributed by atoms with Gasteiger partial charge < -0.3 is 4.74 Å². The van der Waals surface area contributed by atoms with Crippen LogP contribution in [0.5, 0.6) is 5.75 Å². The van der Waals surface area contributed by atoms with E-state index in [0.717, 1.165) is 22.1 Å². The molecule has 2 aromatic rings. The predicted molar refractivity (Wildman–Crippen MR) is 86.3 cm³/mol. The summed E-state index contributed by atoms with van der Waals surface area (Å²) in [4.78, 5) is 5.93. The number of nitrogens with zero attached hydrogens (tertiary/aromatic N) is 1. The molecule has 100 valence electrons. The number of rotatable bonds is 2. The summed E-state index contributed by atoms with van der Waals surface area (Å²) in [6, 6.07) is 16.4. The van der Waals surface area contributed by atoms with Crippen molar-refractivity contribution in [2.75, 3.05) is 7.11 Å². The highest BCUT2D eigenvalue weighted by molar-refractivity contribution is 8.14. The molecular formula is C17H15NOS. The molecule has 2 nitrogen and oxygen atoms in total. The van der Waals surface area contributed by atoms with Crippen LogP contribution in [0.15, 0.2) is 58.4 Å². The molecule has 0 amide bonds. The summed E-state index contributed by atoms with van der Waals surface area (Å²) in [6.07, 6.45) is 2.11. The van der Waals surface area contributed by atoms with Crippen LogP contribution in [0.4, 0.5) is 0 Å². The van der Waals surface area contributed by atoms with Crippen LogP contribution < -0.4 is 4.74 Å². The van der Waals surface area contributed by atoms with E-state index in [1.54, 1.807) is 18.9 Å². The van der Waals surface area contributed by atoms with E-state index in [0.29, 0.717) is 0 Å². The lowest BCUT2D eigenvalue weighted by Gasteiger charge is -2.15. The van der Waals surface area contributed by atoms with Crippen LogP contribution in [-0.4, -0.2) is 12.2 Å². The molecule has 0 unspecified atom stereocenters. The van der Waals surface area contributed by atoms with Crippen molar-refractivity contribution in [3.63, 3.8) is 0 Å². The summed E-state index contributed by atoms with van der Waals surface area (Å²) in [7, 11) is 1.68. The fourth-order valence-corrected chi connectivity index (χ4v) is 3.04. The maximum absolute atomic E-state index is 5.18. The predicted octanol–water partition coefficient (Wildman–Crippen LogP) is 4.72. The molecule has 20 heavy (non-hydrogen) atoms. The Labute approximate surface area is 123 Å². The molecule has 0 saturated heterocycles. The lowest BCUT2D eigenvalue weighted by Crippen LogP contribution is -1.97. The number of thioether (sulfide) groups is 1. The van der Waals surface area contributed by atoms with E-state index in [9.17, 15) is 0 Å². The van der Waals surface area contributed by atoms with Gasteiger partial charge in [-0.05, 0) is 36.8 Å². The van der Waals surface area contributed by atoms with Gasteiger partial charge in [-0.3, -0.25) is 0 Å². The van der Waals surface area contributed by atoms with Crippen molar-refractivity contribution >= 4 is 28.6 Å². The van der Waals surface area contributed by atoms with Crippen molar-refractivity contribution in [3.8, 4) is 5.75 Å². The molecule has 0 fully saturated rings. The van der Waals surface area contributed by atoms with Crippen LogP contribution in [0.3, 0.4) is 0 Å². The number of hydrogen-bond acceptors (Lipinski definition) is 3. The smallest absolute Gasteiger partial charge is 0.118 e. The Morgan fingerprint density at radius 1 is 1.05 bits per heavy atom. The Morgan fingerprint density at radius 3 is 2.55 bits per heavy atom. The first-order valence-electron chi connectivity index (χ1n) is 6.44. The van der Waals surface area contributed by atoms with Crippen molar-refractivity contribution in [3.05, 3.63) is 59.7 Å². The summed E-state index contributed by atoms with van der Waals surface area (Å²) in [5.74, 6) is 0.867. The molecule has 0 spiro atoms. The minimum atomic E-state index is 0.867. The summed E-state index contributed by atoms with van der Waals surface area (Å²) >= 11 is 1.72. The van der Waals surface area contributed by atoms with E-state index in [4.69, 9.17) is 4.74 Å². The number of ether oxygens (including phenoxy) is 1. The van der Waals surface area contributed by atoms with E-state index < -0.39 is 0 Å². The summed E-state index contributed by atoms with van der Waals surface area (Å²) in [6.45, 7) is 2.04. The average Bonchev–Trinajstić information content (AvgIpc) is 2.48. The van der Waals surface area contributed by atoms with Crippen molar-refractivity contribution in [2.24, 2.45) is 4.99 Å². The van der Waals surface area contributed by atoms with Gasteiger partial charge in [0.05, 0.1) is 17.9 Å². The van der Waals surface area contributed by atoms with Crippen molar-refractivity contribution < 1.29 is 4.74 Å². The standard InChI is InChI=1S/C17H15NOS/c1-12-18-16(15-5-3-4-6-17(15)20-12)11-13-7-9-14(19-2)10-8-13/h3-11H,1-2H3/b16-11+. The van der Waals surface area contributed by atoms with Gasteiger partial charge >= 0.3 is 0 Å². The van der Waals surface area contributed by atoms with Gasteiger partial charge in [-0.2, -0.15) is 0 Å². The molecule has 1 heterocycles. The SMILES string of the molecule is COc1ccc(/C=C2/N=C(C)Sc3ccccc32)cc1. The number of methoxy groups -OCH3 is 1. The van der Waals surface area contributed by atoms with Gasteiger partial charge in [-0.1, -0.05) is 42.1 Å². The number of fused-ring (bicyclic) bond motifs is 1. The van der Waals surface area contributed by atoms with E-state index in [-0.39, 0.29) is 0 Å². The molecule has 0 N–H and O–H groups in total. The zero-order valence-corrected chi connectivity index (χ0v) is 12.3. The van der Waals surface area contributed by atoms with Crippen LogP contribution >= 0.6 is 11.8 Å². The van der Waals surface area contributed by atoms with E-state index in [2.05, 4.69) is 35.3 Å². The molecule has 0 bridgehead atoms. The first-order valence-corrected chi connectivity index (χ1v) is 7.26. The second kappa shape index (κ2) is 5.55. The summed E-state index contributed by atoms with van der Waals surface area (Å²) in [5, 5.41) is 1.07. The van der Waals surface area contributed by atoms with Gasteiger partial charge in [0.1, 0.15) is 5.75 Å². The molecule has 1 aliphatic heterocycles. The Kier molecular flexibility index (Phi) is 3.61. The Morgan fingerprint density at radius 2 is 1.80 bits per heavy atom. The quantitative estimate of drug-likeness (QED) is 0.794. The van der Waals surface area contributed by atoms with Gasteiger partial charge in [0.15, 0.2) is 0 Å². The fourth-order valence-electron chi connectivity index (χ4n) is 2.15. The average molecular weight is 281 g/mol. The third kappa shape index (κ3) is 2.63. The lowest BCUT2D eigenvalue weighted by atomic mass is 10.1. The minimum Gasteiger partial charge on any atom is -0.497 e. The van der Waals surface area contributed by atoms with Crippen LogP contribution in [0.2, 0.25) is 0 Å². The summed E-state index contributed by atoms with van der Waals surface area (Å²) in [5.41, 5.74) is 3.33. The zero-order valence-electron chi connectivity index (χ0n) is 11.5. The van der Waals surface area contributed by atoms with Gasteiger partial charge in [0.25, 0.3) is 0 Å². The Hall–Kier alpha value is -2.00. The molecule has 0 saturated carbocycles. The molecule has 2 aromatic carbocycles. The first-order chi connectivity index (χ1) is 9.76. The van der Waals surface area contributed by atoms with Gasteiger partial charge in [0.2, 0.25) is 0 Å². The first kappa shape index (κ1) is 13.0. The van der Waals surface area contributed by atoms with Gasteiger partial charge in [-0.15, -0.1) is 0 Å². The molecule has 0 aromatic heterocycles. The van der Waals surface area contributed by atoms with Gasteiger partial charge in [-0.25, -0.2) is 4.99 Å². The molecule has 1 aliphatic rings. The van der Waals surface area contributed by atoms with Crippen LogP contribution in [-0.2, 0) is 0 Å². The van der Waals surface area contributed by atoms with Crippen LogP contribution in [0.25, 0.3) is 11.8 Å². The van der Waals surface area contributed by atoms with Crippen LogP contribution in [0, 0.1) is 0 Å². The Bertz CT molecular complexity index is 686. The maximum atomic E-state index is 5.18. The highest BCUT2D eigenvalue weighted by Gasteiger charge is 2.14. The third-order valence-electron chi connectivity index (χ3n) is 3.12. The number of benzene rings is 2.